The number of nitrogens with one attached hydrogen (secondary N) is 1. The normalized spacial score (nSPS) is 37.4. The van der Waals surface area contributed by atoms with E-state index in [1.807, 2.05) is 0 Å². The lowest BCUT2D eigenvalue weighted by Gasteiger charge is -2.41. The molecule has 0 aliphatic carbocycles. The molecule has 1 unspecified atom stereocenters. The standard InChI is InChI=1S/C11H22N2/c1-10(2)8-11(3,4)13-6-5-12-7-9(10)13/h9,12H,5-8H2,1-4H3. The minimum Gasteiger partial charge on any atom is -0.314 e. The van der Waals surface area contributed by atoms with Gasteiger partial charge in [-0.1, -0.05) is 13.8 Å². The Morgan fingerprint density at radius 1 is 1.23 bits per heavy atom. The molecule has 0 aromatic carbocycles. The zero-order chi connectivity index (χ0) is 9.69. The summed E-state index contributed by atoms with van der Waals surface area (Å²) >= 11 is 0. The van der Waals surface area contributed by atoms with Gasteiger partial charge < -0.3 is 5.32 Å². The van der Waals surface area contributed by atoms with Crippen molar-refractivity contribution >= 4 is 0 Å². The van der Waals surface area contributed by atoms with Gasteiger partial charge in [0.2, 0.25) is 0 Å². The monoisotopic (exact) mass is 182 g/mol. The van der Waals surface area contributed by atoms with Crippen LogP contribution in [0.2, 0.25) is 0 Å². The van der Waals surface area contributed by atoms with Crippen LogP contribution in [0.5, 0.6) is 0 Å². The van der Waals surface area contributed by atoms with Gasteiger partial charge in [0.1, 0.15) is 0 Å². The summed E-state index contributed by atoms with van der Waals surface area (Å²) in [5, 5.41) is 3.51. The molecule has 0 amide bonds. The summed E-state index contributed by atoms with van der Waals surface area (Å²) in [4.78, 5) is 2.70. The minimum absolute atomic E-state index is 0.413. The van der Waals surface area contributed by atoms with Crippen LogP contribution in [0.15, 0.2) is 0 Å². The van der Waals surface area contributed by atoms with E-state index in [0.29, 0.717) is 11.0 Å². The molecule has 0 spiro atoms. The Hall–Kier alpha value is -0.0800. The maximum absolute atomic E-state index is 3.51. The number of nitrogens with zero attached hydrogens (tertiary/aromatic N) is 1. The van der Waals surface area contributed by atoms with Gasteiger partial charge in [0.15, 0.2) is 0 Å². The first-order chi connectivity index (χ1) is 5.93. The highest BCUT2D eigenvalue weighted by molar-refractivity contribution is 5.06. The highest BCUT2D eigenvalue weighted by Gasteiger charge is 2.50. The van der Waals surface area contributed by atoms with Gasteiger partial charge in [-0.25, -0.2) is 0 Å². The molecular weight excluding hydrogens is 160 g/mol. The summed E-state index contributed by atoms with van der Waals surface area (Å²) in [6, 6.07) is 0.747. The van der Waals surface area contributed by atoms with Gasteiger partial charge in [-0.15, -0.1) is 0 Å². The summed E-state index contributed by atoms with van der Waals surface area (Å²) in [6.07, 6.45) is 1.33. The van der Waals surface area contributed by atoms with Crippen LogP contribution >= 0.6 is 0 Å². The van der Waals surface area contributed by atoms with Crippen LogP contribution in [0.4, 0.5) is 0 Å². The van der Waals surface area contributed by atoms with E-state index in [4.69, 9.17) is 0 Å². The highest BCUT2D eigenvalue weighted by Crippen LogP contribution is 2.46. The first kappa shape index (κ1) is 9.47. The highest BCUT2D eigenvalue weighted by atomic mass is 15.3. The maximum Gasteiger partial charge on any atom is 0.0278 e. The van der Waals surface area contributed by atoms with Crippen molar-refractivity contribution in [3.8, 4) is 0 Å². The average Bonchev–Trinajstić information content (AvgIpc) is 2.20. The smallest absolute Gasteiger partial charge is 0.0278 e. The molecule has 0 aromatic rings. The second-order valence-corrected chi connectivity index (χ2v) is 5.89. The third-order valence-electron chi connectivity index (χ3n) is 3.81. The molecule has 2 heterocycles. The van der Waals surface area contributed by atoms with E-state index >= 15 is 0 Å². The molecule has 1 N–H and O–H groups in total. The van der Waals surface area contributed by atoms with Crippen LogP contribution in [0.3, 0.4) is 0 Å². The molecule has 1 atom stereocenters. The topological polar surface area (TPSA) is 15.3 Å². The van der Waals surface area contributed by atoms with Crippen molar-refractivity contribution in [1.82, 2.24) is 10.2 Å². The Labute approximate surface area is 81.7 Å². The van der Waals surface area contributed by atoms with E-state index in [9.17, 15) is 0 Å². The fraction of sp³-hybridized carbons (Fsp3) is 1.00. The van der Waals surface area contributed by atoms with Crippen LogP contribution in [0.1, 0.15) is 34.1 Å². The predicted octanol–water partition coefficient (Wildman–Crippen LogP) is 1.47. The number of piperazine rings is 1. The van der Waals surface area contributed by atoms with Gasteiger partial charge >= 0.3 is 0 Å². The molecule has 2 heteroatoms. The number of hydrogen-bond acceptors (Lipinski definition) is 2. The van der Waals surface area contributed by atoms with E-state index in [0.717, 1.165) is 12.6 Å². The Morgan fingerprint density at radius 3 is 2.54 bits per heavy atom. The van der Waals surface area contributed by atoms with Crippen LogP contribution in [-0.2, 0) is 0 Å². The summed E-state index contributed by atoms with van der Waals surface area (Å²) in [5.41, 5.74) is 0.896. The van der Waals surface area contributed by atoms with E-state index in [1.165, 1.54) is 19.5 Å². The molecule has 2 rings (SSSR count). The van der Waals surface area contributed by atoms with Crippen LogP contribution in [0.25, 0.3) is 0 Å². The molecule has 76 valence electrons. The van der Waals surface area contributed by atoms with E-state index in [-0.39, 0.29) is 0 Å². The summed E-state index contributed by atoms with van der Waals surface area (Å²) < 4.78 is 0. The van der Waals surface area contributed by atoms with Crippen LogP contribution in [0, 0.1) is 5.41 Å². The van der Waals surface area contributed by atoms with Gasteiger partial charge in [0, 0.05) is 31.2 Å². The molecule has 0 bridgehead atoms. The van der Waals surface area contributed by atoms with Gasteiger partial charge in [-0.3, -0.25) is 4.90 Å². The Morgan fingerprint density at radius 2 is 1.92 bits per heavy atom. The van der Waals surface area contributed by atoms with E-state index < -0.39 is 0 Å². The summed E-state index contributed by atoms with van der Waals surface area (Å²) in [5.74, 6) is 0. The minimum atomic E-state index is 0.413. The van der Waals surface area contributed by atoms with Gasteiger partial charge in [0.05, 0.1) is 0 Å². The van der Waals surface area contributed by atoms with Crippen molar-refractivity contribution in [3.63, 3.8) is 0 Å². The number of fused-ring (bicyclic) bond motifs is 1. The lowest BCUT2D eigenvalue weighted by Crippen LogP contribution is -2.56. The van der Waals surface area contributed by atoms with E-state index in [1.54, 1.807) is 0 Å². The molecule has 0 aromatic heterocycles. The predicted molar refractivity (Wildman–Crippen MR) is 55.8 cm³/mol. The molecule has 2 aliphatic heterocycles. The van der Waals surface area contributed by atoms with Gasteiger partial charge in [0.25, 0.3) is 0 Å². The average molecular weight is 182 g/mol. The van der Waals surface area contributed by atoms with Gasteiger partial charge in [-0.2, -0.15) is 0 Å². The third kappa shape index (κ3) is 1.40. The largest absolute Gasteiger partial charge is 0.314 e. The zero-order valence-electron chi connectivity index (χ0n) is 9.35. The van der Waals surface area contributed by atoms with Crippen molar-refractivity contribution in [2.75, 3.05) is 19.6 Å². The van der Waals surface area contributed by atoms with Crippen molar-refractivity contribution in [2.45, 2.75) is 45.7 Å². The summed E-state index contributed by atoms with van der Waals surface area (Å²) in [6.45, 7) is 13.2. The molecule has 2 saturated heterocycles. The first-order valence-electron chi connectivity index (χ1n) is 5.41. The van der Waals surface area contributed by atoms with Crippen molar-refractivity contribution in [2.24, 2.45) is 5.41 Å². The Bertz CT molecular complexity index is 186. The first-order valence-corrected chi connectivity index (χ1v) is 5.41. The lowest BCUT2D eigenvalue weighted by atomic mass is 9.81. The third-order valence-corrected chi connectivity index (χ3v) is 3.81. The molecule has 0 saturated carbocycles. The van der Waals surface area contributed by atoms with Crippen LogP contribution in [-0.4, -0.2) is 36.1 Å². The molecular formula is C11H22N2. The van der Waals surface area contributed by atoms with Crippen molar-refractivity contribution in [3.05, 3.63) is 0 Å². The fourth-order valence-electron chi connectivity index (χ4n) is 3.46. The van der Waals surface area contributed by atoms with Gasteiger partial charge in [-0.05, 0) is 25.7 Å². The quantitative estimate of drug-likeness (QED) is 0.610. The molecule has 2 nitrogen and oxygen atoms in total. The van der Waals surface area contributed by atoms with Crippen molar-refractivity contribution < 1.29 is 0 Å². The number of hydrogen-bond donors (Lipinski definition) is 1. The lowest BCUT2D eigenvalue weighted by molar-refractivity contribution is 0.0892. The summed E-state index contributed by atoms with van der Waals surface area (Å²) in [7, 11) is 0. The second kappa shape index (κ2) is 2.71. The zero-order valence-corrected chi connectivity index (χ0v) is 9.35. The van der Waals surface area contributed by atoms with Crippen LogP contribution < -0.4 is 5.32 Å². The molecule has 2 fully saturated rings. The maximum atomic E-state index is 3.51. The molecule has 0 radical (unpaired) electrons. The molecule has 2 aliphatic rings. The fourth-order valence-corrected chi connectivity index (χ4v) is 3.46. The SMILES string of the molecule is CC1(C)CC(C)(C)N2CCNCC21. The molecule has 13 heavy (non-hydrogen) atoms. The Kier molecular flexibility index (Phi) is 1.97. The Balaban J connectivity index is 2.25. The van der Waals surface area contributed by atoms with E-state index in [2.05, 4.69) is 37.9 Å². The second-order valence-electron chi connectivity index (χ2n) is 5.89. The van der Waals surface area contributed by atoms with Crippen molar-refractivity contribution in [1.29, 1.82) is 0 Å². The number of rotatable bonds is 0.